The van der Waals surface area contributed by atoms with Crippen molar-refractivity contribution in [2.75, 3.05) is 18.1 Å². The van der Waals surface area contributed by atoms with Crippen molar-refractivity contribution in [2.24, 2.45) is 11.1 Å². The molecule has 0 aromatic carbocycles. The first-order valence-corrected chi connectivity index (χ1v) is 13.5. The fourth-order valence-corrected chi connectivity index (χ4v) is 5.59. The van der Waals surface area contributed by atoms with Gasteiger partial charge in [-0.05, 0) is 31.3 Å². The average Bonchev–Trinajstić information content (AvgIpc) is 3.57. The maximum absolute atomic E-state index is 13.2. The topological polar surface area (TPSA) is 163 Å². The van der Waals surface area contributed by atoms with Crippen molar-refractivity contribution in [3.63, 3.8) is 0 Å². The Balaban J connectivity index is 1.50. The van der Waals surface area contributed by atoms with Gasteiger partial charge < -0.3 is 25.4 Å². The number of thioether (sulfide) groups is 1. The van der Waals surface area contributed by atoms with E-state index in [1.54, 1.807) is 24.5 Å². The van der Waals surface area contributed by atoms with Crippen LogP contribution in [0.3, 0.4) is 0 Å². The first-order valence-electron chi connectivity index (χ1n) is 11.6. The summed E-state index contributed by atoms with van der Waals surface area (Å²) in [7, 11) is 0. The Morgan fingerprint density at radius 3 is 2.73 bits per heavy atom. The number of hydrogen-bond donors (Lipinski definition) is 2. The van der Waals surface area contributed by atoms with E-state index in [4.69, 9.17) is 20.0 Å². The van der Waals surface area contributed by atoms with Crippen molar-refractivity contribution < 1.29 is 33.5 Å². The molecule has 198 valence electrons. The molecule has 1 saturated heterocycles. The summed E-state index contributed by atoms with van der Waals surface area (Å²) in [5.74, 6) is -1.73. The van der Waals surface area contributed by atoms with E-state index in [0.717, 1.165) is 24.2 Å². The van der Waals surface area contributed by atoms with Gasteiger partial charge in [0.25, 0.3) is 11.8 Å². The van der Waals surface area contributed by atoms with E-state index >= 15 is 0 Å². The Kier molecular flexibility index (Phi) is 8.17. The van der Waals surface area contributed by atoms with Crippen LogP contribution in [0.25, 0.3) is 0 Å². The maximum Gasteiger partial charge on any atom is 0.358 e. The fourth-order valence-electron chi connectivity index (χ4n) is 3.73. The predicted molar refractivity (Wildman–Crippen MR) is 136 cm³/mol. The summed E-state index contributed by atoms with van der Waals surface area (Å²) in [6.07, 6.45) is 4.43. The van der Waals surface area contributed by atoms with Gasteiger partial charge in [0.15, 0.2) is 10.8 Å². The third-order valence-electron chi connectivity index (χ3n) is 5.59. The number of nitrogens with one attached hydrogen (secondary N) is 1. The second-order valence-electron chi connectivity index (χ2n) is 8.57. The molecule has 3 atom stereocenters. The Hall–Kier alpha value is -3.39. The highest BCUT2D eigenvalue weighted by atomic mass is 32.2. The molecule has 1 saturated carbocycles. The molecule has 3 heterocycles. The van der Waals surface area contributed by atoms with Crippen molar-refractivity contribution in [1.82, 2.24) is 15.2 Å². The van der Waals surface area contributed by atoms with Crippen LogP contribution < -0.4 is 11.1 Å². The lowest BCUT2D eigenvalue weighted by Gasteiger charge is -2.49. The Bertz CT molecular complexity index is 1190. The van der Waals surface area contributed by atoms with Crippen LogP contribution in [0.5, 0.6) is 0 Å². The number of allylic oxidation sites excluding steroid dienone is 2. The number of amides is 2. The van der Waals surface area contributed by atoms with Gasteiger partial charge >= 0.3 is 11.9 Å². The smallest absolute Gasteiger partial charge is 0.358 e. The number of ether oxygens (including phenoxy) is 2. The summed E-state index contributed by atoms with van der Waals surface area (Å²) in [6.45, 7) is 4.78. The SMILES string of the molecule is C/C=C\C1=C(C(=O)OC(C)OC(C)=O)N2C(=O)[C@@H](NC(=O)/C(=N\OCC3CC3)c3csc(N)n3)[C@@H]2SC1. The van der Waals surface area contributed by atoms with Crippen molar-refractivity contribution in [3.05, 3.63) is 34.5 Å². The third kappa shape index (κ3) is 6.13. The van der Waals surface area contributed by atoms with E-state index in [-0.39, 0.29) is 22.2 Å². The number of hydrogen-bond acceptors (Lipinski definition) is 12. The molecule has 2 fully saturated rings. The molecule has 37 heavy (non-hydrogen) atoms. The molecule has 3 aliphatic rings. The Morgan fingerprint density at radius 2 is 2.11 bits per heavy atom. The Morgan fingerprint density at radius 1 is 1.35 bits per heavy atom. The van der Waals surface area contributed by atoms with Gasteiger partial charge in [-0.1, -0.05) is 17.3 Å². The van der Waals surface area contributed by atoms with Gasteiger partial charge in [-0.3, -0.25) is 19.3 Å². The molecule has 12 nitrogen and oxygen atoms in total. The van der Waals surface area contributed by atoms with Crippen LogP contribution in [0.2, 0.25) is 0 Å². The largest absolute Gasteiger partial charge is 0.426 e. The highest BCUT2D eigenvalue weighted by Gasteiger charge is 2.54. The number of anilines is 1. The molecule has 4 rings (SSSR count). The number of thiazole rings is 1. The van der Waals surface area contributed by atoms with Crippen molar-refractivity contribution in [2.45, 2.75) is 51.3 Å². The zero-order valence-electron chi connectivity index (χ0n) is 20.5. The molecule has 2 amide bonds. The summed E-state index contributed by atoms with van der Waals surface area (Å²) < 4.78 is 10.1. The van der Waals surface area contributed by atoms with Crippen LogP contribution >= 0.6 is 23.1 Å². The first kappa shape index (κ1) is 26.7. The second kappa shape index (κ2) is 11.3. The number of aromatic nitrogens is 1. The third-order valence-corrected chi connectivity index (χ3v) is 7.57. The summed E-state index contributed by atoms with van der Waals surface area (Å²) in [4.78, 5) is 61.3. The number of carbonyl (C=O) groups is 4. The molecule has 2 aliphatic heterocycles. The average molecular weight is 550 g/mol. The minimum Gasteiger partial charge on any atom is -0.426 e. The lowest BCUT2D eigenvalue weighted by molar-refractivity contribution is -0.182. The number of nitrogen functional groups attached to an aromatic ring is 1. The molecule has 0 spiro atoms. The number of nitrogens with two attached hydrogens (primary N) is 1. The van der Waals surface area contributed by atoms with E-state index in [1.807, 2.05) is 0 Å². The molecule has 1 aromatic heterocycles. The number of rotatable bonds is 10. The summed E-state index contributed by atoms with van der Waals surface area (Å²) in [5, 5.41) is 7.99. The molecular weight excluding hydrogens is 522 g/mol. The normalized spacial score (nSPS) is 22.3. The molecule has 0 bridgehead atoms. The van der Waals surface area contributed by atoms with Crippen LogP contribution in [0, 0.1) is 5.92 Å². The van der Waals surface area contributed by atoms with E-state index < -0.39 is 41.5 Å². The Labute approximate surface area is 221 Å². The number of fused-ring (bicyclic) bond motifs is 1. The zero-order valence-corrected chi connectivity index (χ0v) is 22.1. The number of carbonyl (C=O) groups excluding carboxylic acids is 4. The first-order chi connectivity index (χ1) is 17.7. The number of nitrogens with zero attached hydrogens (tertiary/aromatic N) is 3. The zero-order chi connectivity index (χ0) is 26.7. The van der Waals surface area contributed by atoms with Crippen LogP contribution in [-0.2, 0) is 33.5 Å². The van der Waals surface area contributed by atoms with E-state index in [1.165, 1.54) is 30.5 Å². The van der Waals surface area contributed by atoms with Gasteiger partial charge in [0.05, 0.1) is 0 Å². The summed E-state index contributed by atoms with van der Waals surface area (Å²) in [5.41, 5.74) is 6.52. The highest BCUT2D eigenvalue weighted by Crippen LogP contribution is 2.41. The lowest BCUT2D eigenvalue weighted by atomic mass is 10.0. The van der Waals surface area contributed by atoms with E-state index in [9.17, 15) is 19.2 Å². The van der Waals surface area contributed by atoms with Crippen LogP contribution in [-0.4, -0.2) is 69.4 Å². The van der Waals surface area contributed by atoms with Gasteiger partial charge in [0.1, 0.15) is 29.4 Å². The summed E-state index contributed by atoms with van der Waals surface area (Å²) >= 11 is 2.54. The number of esters is 2. The molecule has 14 heteroatoms. The van der Waals surface area contributed by atoms with E-state index in [0.29, 0.717) is 23.9 Å². The van der Waals surface area contributed by atoms with E-state index in [2.05, 4.69) is 15.5 Å². The van der Waals surface area contributed by atoms with Gasteiger partial charge in [-0.15, -0.1) is 23.1 Å². The van der Waals surface area contributed by atoms with Gasteiger partial charge in [0.2, 0.25) is 6.29 Å². The number of oxime groups is 1. The molecular formula is C23H27N5O7S2. The second-order valence-corrected chi connectivity index (χ2v) is 10.6. The van der Waals surface area contributed by atoms with Crippen molar-refractivity contribution in [1.29, 1.82) is 0 Å². The van der Waals surface area contributed by atoms with Gasteiger partial charge in [-0.2, -0.15) is 0 Å². The summed E-state index contributed by atoms with van der Waals surface area (Å²) in [6, 6.07) is -0.914. The minimum absolute atomic E-state index is 0.0466. The standard InChI is InChI=1S/C23H27N5O7S2/c1-4-5-14-9-36-21-17(20(31)28(21)18(14)22(32)35-12(3)34-11(2)29)26-19(30)16(15-10-37-23(24)25-15)27-33-8-13-6-7-13/h4-5,10,12-13,17,21H,6-9H2,1-3H3,(H2,24,25)(H,26,30)/b5-4-,27-16-/t12?,17-,21+/m1/s1. The molecule has 1 unspecified atom stereocenters. The fraction of sp³-hybridized carbons (Fsp3) is 0.478. The quantitative estimate of drug-likeness (QED) is 0.144. The highest BCUT2D eigenvalue weighted by molar-refractivity contribution is 8.00. The van der Waals surface area contributed by atoms with Gasteiger partial charge in [-0.25, -0.2) is 9.78 Å². The molecule has 3 N–H and O–H groups in total. The van der Waals surface area contributed by atoms with Crippen molar-refractivity contribution >= 4 is 57.7 Å². The number of β-lactam (4-membered cyclic amide) rings is 1. The van der Waals surface area contributed by atoms with Crippen molar-refractivity contribution in [3.8, 4) is 0 Å². The monoisotopic (exact) mass is 549 g/mol. The lowest BCUT2D eigenvalue weighted by Crippen LogP contribution is -2.71. The molecule has 1 aromatic rings. The van der Waals surface area contributed by atoms with Gasteiger partial charge in [0, 0.05) is 25.0 Å². The van der Waals surface area contributed by atoms with Crippen LogP contribution in [0.15, 0.2) is 34.0 Å². The predicted octanol–water partition coefficient (Wildman–Crippen LogP) is 1.54. The van der Waals surface area contributed by atoms with Crippen LogP contribution in [0.4, 0.5) is 5.13 Å². The molecule has 0 radical (unpaired) electrons. The minimum atomic E-state index is -1.13. The van der Waals surface area contributed by atoms with Crippen LogP contribution in [0.1, 0.15) is 39.3 Å². The molecule has 1 aliphatic carbocycles. The maximum atomic E-state index is 13.2.